The van der Waals surface area contributed by atoms with Crippen LogP contribution in [0.2, 0.25) is 0 Å². The molecule has 1 heterocycles. The average Bonchev–Trinajstić information content (AvgIpc) is 2.14. The van der Waals surface area contributed by atoms with Gasteiger partial charge in [-0.05, 0) is 46.7 Å². The number of rotatable bonds is 3. The summed E-state index contributed by atoms with van der Waals surface area (Å²) in [7, 11) is 0. The van der Waals surface area contributed by atoms with Crippen LogP contribution in [0, 0.1) is 0 Å². The standard InChI is InChI=1S/C11H22N2OS/c1-11(2,3)13-10(14)8-15-9-4-6-12-7-5-9/h9,12H,4-8H2,1-3H3,(H,13,14). The van der Waals surface area contributed by atoms with Crippen molar-refractivity contribution < 1.29 is 4.79 Å². The molecule has 1 fully saturated rings. The van der Waals surface area contributed by atoms with Crippen LogP contribution in [0.1, 0.15) is 33.6 Å². The highest BCUT2D eigenvalue weighted by Gasteiger charge is 2.17. The van der Waals surface area contributed by atoms with Gasteiger partial charge in [0.2, 0.25) is 5.91 Å². The van der Waals surface area contributed by atoms with Gasteiger partial charge in [0.05, 0.1) is 5.75 Å². The maximum atomic E-state index is 11.6. The number of amides is 1. The van der Waals surface area contributed by atoms with Crippen molar-refractivity contribution in [1.29, 1.82) is 0 Å². The number of nitrogens with one attached hydrogen (secondary N) is 2. The summed E-state index contributed by atoms with van der Waals surface area (Å²) in [5.74, 6) is 0.758. The second kappa shape index (κ2) is 5.75. The third kappa shape index (κ3) is 6.05. The molecule has 1 saturated heterocycles. The zero-order valence-electron chi connectivity index (χ0n) is 9.93. The molecule has 1 aliphatic rings. The van der Waals surface area contributed by atoms with Crippen molar-refractivity contribution in [2.24, 2.45) is 0 Å². The van der Waals surface area contributed by atoms with Crippen molar-refractivity contribution in [2.45, 2.75) is 44.4 Å². The fourth-order valence-electron chi connectivity index (χ4n) is 1.61. The number of thioether (sulfide) groups is 1. The topological polar surface area (TPSA) is 41.1 Å². The number of piperidine rings is 1. The summed E-state index contributed by atoms with van der Waals surface area (Å²) in [6, 6.07) is 0. The van der Waals surface area contributed by atoms with Gasteiger partial charge in [-0.2, -0.15) is 0 Å². The monoisotopic (exact) mass is 230 g/mol. The minimum absolute atomic E-state index is 0.105. The van der Waals surface area contributed by atoms with Gasteiger partial charge in [0, 0.05) is 10.8 Å². The predicted molar refractivity (Wildman–Crippen MR) is 66.2 cm³/mol. The van der Waals surface area contributed by atoms with E-state index in [2.05, 4.69) is 10.6 Å². The molecule has 0 aromatic carbocycles. The first-order chi connectivity index (χ1) is 6.97. The number of carbonyl (C=O) groups is 1. The molecule has 0 unspecified atom stereocenters. The van der Waals surface area contributed by atoms with Gasteiger partial charge < -0.3 is 10.6 Å². The molecular weight excluding hydrogens is 208 g/mol. The molecule has 0 aromatic rings. The lowest BCUT2D eigenvalue weighted by Crippen LogP contribution is -2.42. The van der Waals surface area contributed by atoms with E-state index in [1.165, 1.54) is 12.8 Å². The Kier molecular flexibility index (Phi) is 4.93. The molecule has 0 spiro atoms. The van der Waals surface area contributed by atoms with Gasteiger partial charge in [0.1, 0.15) is 0 Å². The largest absolute Gasteiger partial charge is 0.351 e. The third-order valence-electron chi connectivity index (χ3n) is 2.25. The molecule has 4 heteroatoms. The fraction of sp³-hybridized carbons (Fsp3) is 0.909. The molecule has 0 atom stereocenters. The van der Waals surface area contributed by atoms with Crippen molar-refractivity contribution in [1.82, 2.24) is 10.6 Å². The molecule has 0 bridgehead atoms. The van der Waals surface area contributed by atoms with E-state index < -0.39 is 0 Å². The Bertz CT molecular complexity index is 207. The summed E-state index contributed by atoms with van der Waals surface area (Å²) < 4.78 is 0. The van der Waals surface area contributed by atoms with Crippen LogP contribution in [0.4, 0.5) is 0 Å². The Morgan fingerprint density at radius 3 is 2.53 bits per heavy atom. The highest BCUT2D eigenvalue weighted by molar-refractivity contribution is 8.00. The van der Waals surface area contributed by atoms with E-state index in [0.29, 0.717) is 11.0 Å². The van der Waals surface area contributed by atoms with Crippen LogP contribution in [0.5, 0.6) is 0 Å². The number of hydrogen-bond acceptors (Lipinski definition) is 3. The van der Waals surface area contributed by atoms with E-state index in [-0.39, 0.29) is 11.4 Å². The third-order valence-corrected chi connectivity index (χ3v) is 3.62. The lowest BCUT2D eigenvalue weighted by Gasteiger charge is -2.24. The number of hydrogen-bond donors (Lipinski definition) is 2. The highest BCUT2D eigenvalue weighted by Crippen LogP contribution is 2.19. The second-order valence-corrected chi connectivity index (χ2v) is 6.35. The molecular formula is C11H22N2OS. The summed E-state index contributed by atoms with van der Waals surface area (Å²) in [6.45, 7) is 8.23. The molecule has 0 aromatic heterocycles. The molecule has 1 aliphatic heterocycles. The summed E-state index contributed by atoms with van der Waals surface area (Å²) >= 11 is 1.79. The SMILES string of the molecule is CC(C)(C)NC(=O)CSC1CCNCC1. The van der Waals surface area contributed by atoms with Crippen LogP contribution in [0.3, 0.4) is 0 Å². The molecule has 1 amide bonds. The average molecular weight is 230 g/mol. The molecule has 3 nitrogen and oxygen atoms in total. The van der Waals surface area contributed by atoms with Gasteiger partial charge in [0.25, 0.3) is 0 Å². The zero-order valence-corrected chi connectivity index (χ0v) is 10.7. The van der Waals surface area contributed by atoms with Crippen molar-refractivity contribution in [2.75, 3.05) is 18.8 Å². The van der Waals surface area contributed by atoms with Gasteiger partial charge in [-0.15, -0.1) is 11.8 Å². The van der Waals surface area contributed by atoms with Gasteiger partial charge >= 0.3 is 0 Å². The van der Waals surface area contributed by atoms with Crippen LogP contribution >= 0.6 is 11.8 Å². The second-order valence-electron chi connectivity index (χ2n) is 5.06. The smallest absolute Gasteiger partial charge is 0.230 e. The maximum absolute atomic E-state index is 11.6. The van der Waals surface area contributed by atoms with E-state index in [4.69, 9.17) is 0 Å². The molecule has 0 aliphatic carbocycles. The first-order valence-electron chi connectivity index (χ1n) is 5.61. The Morgan fingerprint density at radius 2 is 2.00 bits per heavy atom. The van der Waals surface area contributed by atoms with Crippen molar-refractivity contribution in [3.8, 4) is 0 Å². The lowest BCUT2D eigenvalue weighted by atomic mass is 10.1. The van der Waals surface area contributed by atoms with Gasteiger partial charge in [-0.3, -0.25) is 4.79 Å². The van der Waals surface area contributed by atoms with Crippen LogP contribution in [-0.4, -0.2) is 35.5 Å². The van der Waals surface area contributed by atoms with E-state index in [1.807, 2.05) is 20.8 Å². The fourth-order valence-corrected chi connectivity index (χ4v) is 2.64. The Morgan fingerprint density at radius 1 is 1.40 bits per heavy atom. The van der Waals surface area contributed by atoms with Gasteiger partial charge in [-0.1, -0.05) is 0 Å². The van der Waals surface area contributed by atoms with Crippen molar-refractivity contribution >= 4 is 17.7 Å². The van der Waals surface area contributed by atoms with Crippen LogP contribution in [0.15, 0.2) is 0 Å². The molecule has 2 N–H and O–H groups in total. The normalized spacial score (nSPS) is 18.9. The summed E-state index contributed by atoms with van der Waals surface area (Å²) in [5, 5.41) is 6.97. The quantitative estimate of drug-likeness (QED) is 0.770. The molecule has 1 rings (SSSR count). The summed E-state index contributed by atoms with van der Waals surface area (Å²) in [4.78, 5) is 11.6. The Labute approximate surface area is 96.8 Å². The number of carbonyl (C=O) groups excluding carboxylic acids is 1. The molecule has 88 valence electrons. The summed E-state index contributed by atoms with van der Waals surface area (Å²) in [6.07, 6.45) is 2.38. The van der Waals surface area contributed by atoms with E-state index in [1.54, 1.807) is 11.8 Å². The first kappa shape index (κ1) is 12.8. The van der Waals surface area contributed by atoms with E-state index >= 15 is 0 Å². The Balaban J connectivity index is 2.15. The Hall–Kier alpha value is -0.220. The summed E-state index contributed by atoms with van der Waals surface area (Å²) in [5.41, 5.74) is -0.105. The molecule has 0 radical (unpaired) electrons. The van der Waals surface area contributed by atoms with Gasteiger partial charge in [0.15, 0.2) is 0 Å². The van der Waals surface area contributed by atoms with E-state index in [9.17, 15) is 4.79 Å². The minimum atomic E-state index is -0.105. The molecule has 15 heavy (non-hydrogen) atoms. The van der Waals surface area contributed by atoms with Crippen LogP contribution in [0.25, 0.3) is 0 Å². The van der Waals surface area contributed by atoms with Gasteiger partial charge in [-0.25, -0.2) is 0 Å². The predicted octanol–water partition coefficient (Wildman–Crippen LogP) is 1.39. The minimum Gasteiger partial charge on any atom is -0.351 e. The lowest BCUT2D eigenvalue weighted by molar-refractivity contribution is -0.119. The highest BCUT2D eigenvalue weighted by atomic mass is 32.2. The van der Waals surface area contributed by atoms with Crippen LogP contribution < -0.4 is 10.6 Å². The van der Waals surface area contributed by atoms with Crippen molar-refractivity contribution in [3.05, 3.63) is 0 Å². The maximum Gasteiger partial charge on any atom is 0.230 e. The molecule has 0 saturated carbocycles. The van der Waals surface area contributed by atoms with Crippen LogP contribution in [-0.2, 0) is 4.79 Å². The zero-order chi connectivity index (χ0) is 11.3. The first-order valence-corrected chi connectivity index (χ1v) is 6.65. The van der Waals surface area contributed by atoms with E-state index in [0.717, 1.165) is 13.1 Å². The van der Waals surface area contributed by atoms with Crippen molar-refractivity contribution in [3.63, 3.8) is 0 Å².